The molecule has 0 bridgehead atoms. The van der Waals surface area contributed by atoms with Gasteiger partial charge in [0.25, 0.3) is 0 Å². The molecule has 9 heteroatoms. The van der Waals surface area contributed by atoms with Crippen LogP contribution in [0.5, 0.6) is 0 Å². The molecular formula is C20H24F3N3O3. The summed E-state index contributed by atoms with van der Waals surface area (Å²) in [6, 6.07) is 10.7. The van der Waals surface area contributed by atoms with E-state index in [1.165, 1.54) is 7.05 Å². The third kappa shape index (κ3) is 6.30. The van der Waals surface area contributed by atoms with Crippen molar-refractivity contribution in [2.45, 2.75) is 31.5 Å². The number of carboxylic acids is 1. The Labute approximate surface area is 167 Å². The summed E-state index contributed by atoms with van der Waals surface area (Å²) in [5.74, 6) is -3.58. The Kier molecular flexibility index (Phi) is 8.81. The zero-order valence-corrected chi connectivity index (χ0v) is 16.0. The fourth-order valence-electron chi connectivity index (χ4n) is 2.76. The van der Waals surface area contributed by atoms with Gasteiger partial charge in [-0.1, -0.05) is 65.8 Å². The molecule has 0 heterocycles. The van der Waals surface area contributed by atoms with Crippen molar-refractivity contribution in [3.05, 3.63) is 71.8 Å². The lowest BCUT2D eigenvalue weighted by Crippen LogP contribution is -2.54. The Hall–Kier alpha value is -2.91. The average Bonchev–Trinajstić information content (AvgIpc) is 2.69. The molecule has 158 valence electrons. The fraction of sp³-hybridized carbons (Fsp3) is 0.300. The summed E-state index contributed by atoms with van der Waals surface area (Å²) in [6.45, 7) is 0.0774. The lowest BCUT2D eigenvalue weighted by atomic mass is 10.0. The fourth-order valence-corrected chi connectivity index (χ4v) is 2.76. The molecule has 1 atom stereocenters. The summed E-state index contributed by atoms with van der Waals surface area (Å²) < 4.78 is 41.9. The maximum atomic E-state index is 14.4. The van der Waals surface area contributed by atoms with Crippen LogP contribution in [-0.2, 0) is 22.6 Å². The average molecular weight is 411 g/mol. The van der Waals surface area contributed by atoms with E-state index >= 15 is 0 Å². The first-order chi connectivity index (χ1) is 13.2. The number of amides is 1. The molecule has 0 aromatic heterocycles. The van der Waals surface area contributed by atoms with Gasteiger partial charge < -0.3 is 16.2 Å². The number of halogens is 3. The molecule has 0 saturated heterocycles. The van der Waals surface area contributed by atoms with Crippen molar-refractivity contribution in [2.24, 2.45) is 0 Å². The van der Waals surface area contributed by atoms with Crippen LogP contribution in [0, 0.1) is 0 Å². The number of hydrogen-bond donors (Lipinski definition) is 2. The topological polar surface area (TPSA) is 95.9 Å². The van der Waals surface area contributed by atoms with Crippen LogP contribution in [0.3, 0.4) is 0 Å². The van der Waals surface area contributed by atoms with Gasteiger partial charge >= 0.3 is 12.0 Å². The number of rotatable bonds is 9. The summed E-state index contributed by atoms with van der Waals surface area (Å²) in [6.07, 6.45) is -0.173. The Bertz CT molecular complexity index is 791. The van der Waals surface area contributed by atoms with Gasteiger partial charge in [-0.15, -0.1) is 4.48 Å². The number of aryl methyl sites for hydroxylation is 1. The van der Waals surface area contributed by atoms with Gasteiger partial charge in [0.2, 0.25) is 5.91 Å². The van der Waals surface area contributed by atoms with E-state index in [-0.39, 0.29) is 25.5 Å². The molecule has 1 amide bonds. The first-order valence-electron chi connectivity index (χ1n) is 8.62. The van der Waals surface area contributed by atoms with Crippen molar-refractivity contribution in [3.8, 4) is 0 Å². The van der Waals surface area contributed by atoms with Gasteiger partial charge in [-0.05, 0) is 24.0 Å². The quantitative estimate of drug-likeness (QED) is 0.485. The Morgan fingerprint density at radius 2 is 1.48 bits per heavy atom. The Balaban J connectivity index is 0.00000420. The normalized spacial score (nSPS) is 12.2. The number of carbonyl (C=O) groups is 2. The number of likely N-dealkylation sites (N-methyl/N-ethyl adjacent to an activating group) is 1. The van der Waals surface area contributed by atoms with Crippen LogP contribution in [0.2, 0.25) is 0 Å². The van der Waals surface area contributed by atoms with Gasteiger partial charge in [0.1, 0.15) is 6.04 Å². The maximum Gasteiger partial charge on any atom is 0.427 e. The Morgan fingerprint density at radius 1 is 1.00 bits per heavy atom. The van der Waals surface area contributed by atoms with Crippen molar-refractivity contribution >= 4 is 11.9 Å². The second-order valence-corrected chi connectivity index (χ2v) is 6.38. The standard InChI is InChI=1S/C20H21F3N2O3.H3N/c1-24(14-16-10-6-3-7-11-16)18(26)17(25(23)20(21,22)19(27)28)13-12-15-8-4-2-5-9-15;/h2-11,17H,12-14H2,1H3,(H,27,28);1H3/t17-;/m1./s1. The molecular weight excluding hydrogens is 387 g/mol. The highest BCUT2D eigenvalue weighted by molar-refractivity contribution is 5.83. The van der Waals surface area contributed by atoms with E-state index < -0.39 is 29.1 Å². The summed E-state index contributed by atoms with van der Waals surface area (Å²) in [5.41, 5.74) is 1.45. The highest BCUT2D eigenvalue weighted by Gasteiger charge is 2.52. The summed E-state index contributed by atoms with van der Waals surface area (Å²) in [7, 11) is 1.36. The lowest BCUT2D eigenvalue weighted by molar-refractivity contribution is -0.256. The van der Waals surface area contributed by atoms with Gasteiger partial charge in [0, 0.05) is 13.6 Å². The molecule has 2 aromatic carbocycles. The first kappa shape index (κ1) is 24.1. The minimum atomic E-state index is -4.81. The van der Waals surface area contributed by atoms with Crippen LogP contribution < -0.4 is 6.15 Å². The number of nitrogens with zero attached hydrogens (tertiary/aromatic N) is 2. The van der Waals surface area contributed by atoms with Crippen molar-refractivity contribution in [3.63, 3.8) is 0 Å². The van der Waals surface area contributed by atoms with Gasteiger partial charge in [-0.3, -0.25) is 4.79 Å². The van der Waals surface area contributed by atoms with Gasteiger partial charge in [-0.25, -0.2) is 4.79 Å². The minimum Gasteiger partial charge on any atom is -0.476 e. The van der Waals surface area contributed by atoms with E-state index in [2.05, 4.69) is 0 Å². The largest absolute Gasteiger partial charge is 0.476 e. The number of carbonyl (C=O) groups excluding carboxylic acids is 1. The molecule has 6 nitrogen and oxygen atoms in total. The molecule has 0 spiro atoms. The third-order valence-electron chi connectivity index (χ3n) is 4.27. The second kappa shape index (κ2) is 10.6. The zero-order chi connectivity index (χ0) is 20.7. The van der Waals surface area contributed by atoms with E-state index in [1.807, 2.05) is 0 Å². The highest BCUT2D eigenvalue weighted by Crippen LogP contribution is 2.27. The van der Waals surface area contributed by atoms with E-state index in [0.717, 1.165) is 16.0 Å². The van der Waals surface area contributed by atoms with Crippen LogP contribution in [0.25, 0.3) is 0 Å². The summed E-state index contributed by atoms with van der Waals surface area (Å²) in [5, 5.41) is 7.49. The zero-order valence-electron chi connectivity index (χ0n) is 16.0. The van der Waals surface area contributed by atoms with Gasteiger partial charge in [0.15, 0.2) is 0 Å². The molecule has 0 radical (unpaired) electrons. The summed E-state index contributed by atoms with van der Waals surface area (Å²) >= 11 is 0. The molecule has 0 unspecified atom stereocenters. The molecule has 2 aromatic rings. The third-order valence-corrected chi connectivity index (χ3v) is 4.27. The predicted molar refractivity (Wildman–Crippen MR) is 102 cm³/mol. The van der Waals surface area contributed by atoms with Crippen LogP contribution in [-0.4, -0.2) is 46.1 Å². The predicted octanol–water partition coefficient (Wildman–Crippen LogP) is 3.67. The smallest absolute Gasteiger partial charge is 0.427 e. The highest BCUT2D eigenvalue weighted by atomic mass is 19.3. The SMILES string of the molecule is CN(Cc1ccccc1)C(=O)[C@@H](CCc1ccccc1)N(F)C(F)(F)C(=O)O.N. The van der Waals surface area contributed by atoms with E-state index in [9.17, 15) is 22.9 Å². The molecule has 0 fully saturated rings. The first-order valence-corrected chi connectivity index (χ1v) is 8.62. The van der Waals surface area contributed by atoms with Crippen molar-refractivity contribution in [1.82, 2.24) is 16.2 Å². The van der Waals surface area contributed by atoms with Crippen LogP contribution in [0.1, 0.15) is 17.5 Å². The van der Waals surface area contributed by atoms with Crippen LogP contribution >= 0.6 is 0 Å². The van der Waals surface area contributed by atoms with Crippen molar-refractivity contribution < 1.29 is 28.0 Å². The monoisotopic (exact) mass is 411 g/mol. The minimum absolute atomic E-state index is 0. The van der Waals surface area contributed by atoms with E-state index in [1.54, 1.807) is 60.7 Å². The summed E-state index contributed by atoms with van der Waals surface area (Å²) in [4.78, 5) is 24.6. The molecule has 0 aliphatic heterocycles. The van der Waals surface area contributed by atoms with E-state index in [0.29, 0.717) is 0 Å². The van der Waals surface area contributed by atoms with Crippen molar-refractivity contribution in [2.75, 3.05) is 7.05 Å². The number of benzene rings is 2. The molecule has 0 saturated carbocycles. The number of carboxylic acid groups (broad SMARTS) is 1. The van der Waals surface area contributed by atoms with E-state index in [4.69, 9.17) is 5.11 Å². The second-order valence-electron chi connectivity index (χ2n) is 6.38. The van der Waals surface area contributed by atoms with Crippen LogP contribution in [0.4, 0.5) is 13.3 Å². The number of alkyl halides is 2. The number of aliphatic carboxylic acids is 1. The van der Waals surface area contributed by atoms with Gasteiger partial charge in [0.05, 0.1) is 0 Å². The molecule has 0 aliphatic rings. The molecule has 4 N–H and O–H groups in total. The molecule has 29 heavy (non-hydrogen) atoms. The van der Waals surface area contributed by atoms with Gasteiger partial charge in [-0.2, -0.15) is 8.78 Å². The van der Waals surface area contributed by atoms with Crippen LogP contribution in [0.15, 0.2) is 60.7 Å². The molecule has 2 rings (SSSR count). The Morgan fingerprint density at radius 3 is 1.97 bits per heavy atom. The lowest BCUT2D eigenvalue weighted by Gasteiger charge is -2.30. The number of hydrogen-bond acceptors (Lipinski definition) is 4. The maximum absolute atomic E-state index is 14.4. The van der Waals surface area contributed by atoms with Crippen molar-refractivity contribution in [1.29, 1.82) is 0 Å². The molecule has 0 aliphatic carbocycles.